The SMILES string of the molecule is CCOc1ccc(NC(=O)CCn2ncc(Cl)c2C)cc1. The number of halogens is 1. The van der Waals surface area contributed by atoms with E-state index in [9.17, 15) is 4.79 Å². The summed E-state index contributed by atoms with van der Waals surface area (Å²) in [4.78, 5) is 11.9. The van der Waals surface area contributed by atoms with Crippen molar-refractivity contribution in [2.45, 2.75) is 26.8 Å². The van der Waals surface area contributed by atoms with Crippen molar-refractivity contribution in [2.24, 2.45) is 0 Å². The lowest BCUT2D eigenvalue weighted by atomic mass is 10.3. The lowest BCUT2D eigenvalue weighted by molar-refractivity contribution is -0.116. The average Bonchev–Trinajstić information content (AvgIpc) is 2.79. The van der Waals surface area contributed by atoms with Crippen molar-refractivity contribution in [1.82, 2.24) is 9.78 Å². The average molecular weight is 308 g/mol. The summed E-state index contributed by atoms with van der Waals surface area (Å²) in [5, 5.41) is 7.57. The molecule has 1 N–H and O–H groups in total. The summed E-state index contributed by atoms with van der Waals surface area (Å²) in [5.74, 6) is 0.725. The van der Waals surface area contributed by atoms with E-state index in [1.165, 1.54) is 0 Å². The van der Waals surface area contributed by atoms with E-state index in [1.54, 1.807) is 10.9 Å². The summed E-state index contributed by atoms with van der Waals surface area (Å²) >= 11 is 5.92. The molecule has 1 amide bonds. The Labute approximate surface area is 128 Å². The smallest absolute Gasteiger partial charge is 0.226 e. The van der Waals surface area contributed by atoms with Gasteiger partial charge in [0.1, 0.15) is 5.75 Å². The van der Waals surface area contributed by atoms with Crippen LogP contribution in [0.5, 0.6) is 5.75 Å². The number of anilines is 1. The molecule has 0 unspecified atom stereocenters. The predicted molar refractivity (Wildman–Crippen MR) is 82.8 cm³/mol. The van der Waals surface area contributed by atoms with Crippen molar-refractivity contribution < 1.29 is 9.53 Å². The van der Waals surface area contributed by atoms with Gasteiger partial charge in [-0.05, 0) is 38.1 Å². The molecule has 0 bridgehead atoms. The third-order valence-corrected chi connectivity index (χ3v) is 3.41. The van der Waals surface area contributed by atoms with E-state index < -0.39 is 0 Å². The van der Waals surface area contributed by atoms with Gasteiger partial charge in [-0.3, -0.25) is 9.48 Å². The Morgan fingerprint density at radius 3 is 2.67 bits per heavy atom. The van der Waals surface area contributed by atoms with Crippen molar-refractivity contribution in [2.75, 3.05) is 11.9 Å². The molecular weight excluding hydrogens is 290 g/mol. The zero-order valence-corrected chi connectivity index (χ0v) is 12.9. The number of ether oxygens (including phenoxy) is 1. The molecule has 2 rings (SSSR count). The first-order valence-corrected chi connectivity index (χ1v) is 7.18. The van der Waals surface area contributed by atoms with Gasteiger partial charge in [-0.15, -0.1) is 0 Å². The topological polar surface area (TPSA) is 56.1 Å². The summed E-state index contributed by atoms with van der Waals surface area (Å²) in [7, 11) is 0. The quantitative estimate of drug-likeness (QED) is 0.891. The van der Waals surface area contributed by atoms with Gasteiger partial charge < -0.3 is 10.1 Å². The molecule has 0 saturated carbocycles. The molecular formula is C15H18ClN3O2. The second-order valence-corrected chi connectivity index (χ2v) is 4.96. The van der Waals surface area contributed by atoms with Gasteiger partial charge in [0.05, 0.1) is 30.1 Å². The second kappa shape index (κ2) is 7.13. The van der Waals surface area contributed by atoms with E-state index >= 15 is 0 Å². The molecule has 1 aromatic carbocycles. The number of amides is 1. The van der Waals surface area contributed by atoms with Crippen LogP contribution in [0.4, 0.5) is 5.69 Å². The van der Waals surface area contributed by atoms with Crippen LogP contribution in [0.1, 0.15) is 19.0 Å². The first-order chi connectivity index (χ1) is 10.1. The van der Waals surface area contributed by atoms with Crippen molar-refractivity contribution in [1.29, 1.82) is 0 Å². The van der Waals surface area contributed by atoms with Crippen LogP contribution in [0.25, 0.3) is 0 Å². The van der Waals surface area contributed by atoms with E-state index in [2.05, 4.69) is 10.4 Å². The minimum Gasteiger partial charge on any atom is -0.494 e. The van der Waals surface area contributed by atoms with Crippen LogP contribution in [0.2, 0.25) is 5.02 Å². The second-order valence-electron chi connectivity index (χ2n) is 4.56. The maximum Gasteiger partial charge on any atom is 0.226 e. The van der Waals surface area contributed by atoms with Crippen molar-refractivity contribution in [3.05, 3.63) is 41.2 Å². The number of aryl methyl sites for hydroxylation is 1. The molecule has 0 atom stereocenters. The van der Waals surface area contributed by atoms with Crippen LogP contribution in [-0.4, -0.2) is 22.3 Å². The molecule has 6 heteroatoms. The van der Waals surface area contributed by atoms with Gasteiger partial charge in [-0.25, -0.2) is 0 Å². The first-order valence-electron chi connectivity index (χ1n) is 6.80. The highest BCUT2D eigenvalue weighted by molar-refractivity contribution is 6.31. The molecule has 0 aliphatic carbocycles. The van der Waals surface area contributed by atoms with Crippen LogP contribution in [0.3, 0.4) is 0 Å². The molecule has 0 radical (unpaired) electrons. The maximum absolute atomic E-state index is 11.9. The van der Waals surface area contributed by atoms with Gasteiger partial charge in [0, 0.05) is 12.1 Å². The number of rotatable bonds is 6. The van der Waals surface area contributed by atoms with Crippen molar-refractivity contribution in [3.63, 3.8) is 0 Å². The fourth-order valence-electron chi connectivity index (χ4n) is 1.88. The normalized spacial score (nSPS) is 10.4. The molecule has 1 heterocycles. The Morgan fingerprint density at radius 1 is 1.38 bits per heavy atom. The molecule has 21 heavy (non-hydrogen) atoms. The number of nitrogens with zero attached hydrogens (tertiary/aromatic N) is 2. The molecule has 2 aromatic rings. The van der Waals surface area contributed by atoms with Gasteiger partial charge in [0.15, 0.2) is 0 Å². The van der Waals surface area contributed by atoms with E-state index in [-0.39, 0.29) is 5.91 Å². The Bertz CT molecular complexity index is 608. The number of benzene rings is 1. The van der Waals surface area contributed by atoms with Gasteiger partial charge in [0.2, 0.25) is 5.91 Å². The number of nitrogens with one attached hydrogen (secondary N) is 1. The van der Waals surface area contributed by atoms with Gasteiger partial charge in [-0.2, -0.15) is 5.10 Å². The van der Waals surface area contributed by atoms with Crippen molar-refractivity contribution >= 4 is 23.2 Å². The highest BCUT2D eigenvalue weighted by Crippen LogP contribution is 2.16. The lowest BCUT2D eigenvalue weighted by Crippen LogP contribution is -2.15. The Balaban J connectivity index is 1.85. The van der Waals surface area contributed by atoms with Gasteiger partial charge in [-0.1, -0.05) is 11.6 Å². The minimum absolute atomic E-state index is 0.0646. The van der Waals surface area contributed by atoms with Crippen LogP contribution >= 0.6 is 11.6 Å². The molecule has 1 aromatic heterocycles. The molecule has 0 fully saturated rings. The summed E-state index contributed by atoms with van der Waals surface area (Å²) in [6.07, 6.45) is 1.92. The molecule has 0 saturated heterocycles. The highest BCUT2D eigenvalue weighted by Gasteiger charge is 2.07. The van der Waals surface area contributed by atoms with Gasteiger partial charge in [0.25, 0.3) is 0 Å². The zero-order chi connectivity index (χ0) is 15.2. The van der Waals surface area contributed by atoms with E-state index in [0.717, 1.165) is 17.1 Å². The monoisotopic (exact) mass is 307 g/mol. The van der Waals surface area contributed by atoms with Crippen LogP contribution in [-0.2, 0) is 11.3 Å². The highest BCUT2D eigenvalue weighted by atomic mass is 35.5. The summed E-state index contributed by atoms with van der Waals surface area (Å²) in [5.41, 5.74) is 1.62. The lowest BCUT2D eigenvalue weighted by Gasteiger charge is -2.08. The van der Waals surface area contributed by atoms with Crippen LogP contribution in [0, 0.1) is 6.92 Å². The standard InChI is InChI=1S/C15H18ClN3O2/c1-3-21-13-6-4-12(5-7-13)18-15(20)8-9-19-11(2)14(16)10-17-19/h4-7,10H,3,8-9H2,1-2H3,(H,18,20). The summed E-state index contributed by atoms with van der Waals surface area (Å²) < 4.78 is 7.07. The predicted octanol–water partition coefficient (Wildman–Crippen LogP) is 3.27. The molecule has 112 valence electrons. The van der Waals surface area contributed by atoms with Crippen molar-refractivity contribution in [3.8, 4) is 5.75 Å². The minimum atomic E-state index is -0.0646. The fourth-order valence-corrected chi connectivity index (χ4v) is 2.02. The summed E-state index contributed by atoms with van der Waals surface area (Å²) in [6, 6.07) is 7.30. The number of hydrogen-bond acceptors (Lipinski definition) is 3. The van der Waals surface area contributed by atoms with E-state index in [4.69, 9.17) is 16.3 Å². The van der Waals surface area contributed by atoms with E-state index in [1.807, 2.05) is 38.1 Å². The molecule has 5 nitrogen and oxygen atoms in total. The third-order valence-electron chi connectivity index (χ3n) is 3.04. The Morgan fingerprint density at radius 2 is 2.10 bits per heavy atom. The first kappa shape index (κ1) is 15.4. The molecule has 0 aliphatic rings. The molecule has 0 spiro atoms. The van der Waals surface area contributed by atoms with Crippen LogP contribution < -0.4 is 10.1 Å². The summed E-state index contributed by atoms with van der Waals surface area (Å²) in [6.45, 7) is 4.93. The Hall–Kier alpha value is -2.01. The number of carbonyl (C=O) groups excluding carboxylic acids is 1. The van der Waals surface area contributed by atoms with E-state index in [0.29, 0.717) is 24.6 Å². The fraction of sp³-hybridized carbons (Fsp3) is 0.333. The largest absolute Gasteiger partial charge is 0.494 e. The molecule has 0 aliphatic heterocycles. The van der Waals surface area contributed by atoms with Gasteiger partial charge >= 0.3 is 0 Å². The zero-order valence-electron chi connectivity index (χ0n) is 12.1. The number of carbonyl (C=O) groups is 1. The Kier molecular flexibility index (Phi) is 5.22. The third kappa shape index (κ3) is 4.23. The number of aromatic nitrogens is 2. The van der Waals surface area contributed by atoms with Crippen LogP contribution in [0.15, 0.2) is 30.5 Å². The number of hydrogen-bond donors (Lipinski definition) is 1. The maximum atomic E-state index is 11.9.